The molecule has 3 heterocycles. The normalized spacial score (nSPS) is 14.9. The highest BCUT2D eigenvalue weighted by Crippen LogP contribution is 2.46. The molecule has 0 fully saturated rings. The first-order chi connectivity index (χ1) is 16.9. The molecular formula is C24H20FN3O6S. The molecule has 4 aromatic rings. The van der Waals surface area contributed by atoms with E-state index in [2.05, 4.69) is 10.2 Å². The minimum atomic E-state index is -0.951. The number of nitrogens with zero attached hydrogens (tertiary/aromatic N) is 3. The Morgan fingerprint density at radius 1 is 1.06 bits per heavy atom. The quantitative estimate of drug-likeness (QED) is 0.392. The van der Waals surface area contributed by atoms with Gasteiger partial charge >= 0.3 is 0 Å². The second kappa shape index (κ2) is 8.66. The second-order valence-electron chi connectivity index (χ2n) is 7.68. The lowest BCUT2D eigenvalue weighted by Gasteiger charge is -2.24. The summed E-state index contributed by atoms with van der Waals surface area (Å²) in [5, 5.41) is 9.38. The SMILES string of the molecule is CCc1nnc(N2C(=O)c3oc4ccc(F)cc4c(=O)c3C2c2cc(OC)c(OC)c(OC)c2)s1. The summed E-state index contributed by atoms with van der Waals surface area (Å²) in [6, 6.07) is 5.95. The van der Waals surface area contributed by atoms with Gasteiger partial charge in [0, 0.05) is 0 Å². The Morgan fingerprint density at radius 3 is 2.37 bits per heavy atom. The summed E-state index contributed by atoms with van der Waals surface area (Å²) in [5.74, 6) is -0.253. The summed E-state index contributed by atoms with van der Waals surface area (Å²) in [5.41, 5.74) is 0.148. The molecule has 1 amide bonds. The van der Waals surface area contributed by atoms with Crippen LogP contribution in [0.2, 0.25) is 0 Å². The molecular weight excluding hydrogens is 477 g/mol. The molecule has 9 nitrogen and oxygen atoms in total. The number of rotatable bonds is 6. The zero-order valence-electron chi connectivity index (χ0n) is 19.2. The highest BCUT2D eigenvalue weighted by Gasteiger charge is 2.45. The average molecular weight is 498 g/mol. The van der Waals surface area contributed by atoms with Crippen LogP contribution in [0.25, 0.3) is 11.0 Å². The van der Waals surface area contributed by atoms with Crippen molar-refractivity contribution in [1.82, 2.24) is 10.2 Å². The number of carbonyl (C=O) groups excluding carboxylic acids is 1. The number of carbonyl (C=O) groups is 1. The van der Waals surface area contributed by atoms with Gasteiger partial charge in [0.05, 0.1) is 38.3 Å². The Bertz CT molecular complexity index is 1510. The van der Waals surface area contributed by atoms with Gasteiger partial charge in [0.25, 0.3) is 5.91 Å². The molecule has 35 heavy (non-hydrogen) atoms. The van der Waals surface area contributed by atoms with Crippen molar-refractivity contribution in [3.05, 3.63) is 68.3 Å². The molecule has 0 spiro atoms. The second-order valence-corrected chi connectivity index (χ2v) is 8.72. The van der Waals surface area contributed by atoms with Crippen molar-refractivity contribution >= 4 is 33.3 Å². The molecule has 1 atom stereocenters. The van der Waals surface area contributed by atoms with Crippen LogP contribution in [0.1, 0.15) is 39.7 Å². The molecule has 1 aliphatic heterocycles. The van der Waals surface area contributed by atoms with Crippen LogP contribution in [0.15, 0.2) is 39.5 Å². The Hall–Kier alpha value is -3.99. The van der Waals surface area contributed by atoms with Gasteiger partial charge in [-0.05, 0) is 42.3 Å². The van der Waals surface area contributed by atoms with E-state index >= 15 is 0 Å². The van der Waals surface area contributed by atoms with Gasteiger partial charge in [-0.1, -0.05) is 18.3 Å². The summed E-state index contributed by atoms with van der Waals surface area (Å²) in [6.45, 7) is 1.92. The van der Waals surface area contributed by atoms with Crippen molar-refractivity contribution in [2.75, 3.05) is 26.2 Å². The maximum atomic E-state index is 14.0. The summed E-state index contributed by atoms with van der Waals surface area (Å²) in [6.07, 6.45) is 0.627. The molecule has 5 rings (SSSR count). The lowest BCUT2D eigenvalue weighted by Crippen LogP contribution is -2.29. The smallest absolute Gasteiger partial charge is 0.297 e. The number of halogens is 1. The molecule has 0 aliphatic carbocycles. The zero-order chi connectivity index (χ0) is 24.9. The molecule has 11 heteroatoms. The number of anilines is 1. The predicted molar refractivity (Wildman–Crippen MR) is 126 cm³/mol. The van der Waals surface area contributed by atoms with Crippen molar-refractivity contribution < 1.29 is 27.8 Å². The van der Waals surface area contributed by atoms with Gasteiger partial charge < -0.3 is 18.6 Å². The van der Waals surface area contributed by atoms with Gasteiger partial charge in [-0.15, -0.1) is 10.2 Å². The first-order valence-corrected chi connectivity index (χ1v) is 11.5. The summed E-state index contributed by atoms with van der Waals surface area (Å²) >= 11 is 1.24. The highest BCUT2D eigenvalue weighted by atomic mass is 32.1. The third-order valence-corrected chi connectivity index (χ3v) is 6.87. The number of aryl methyl sites for hydroxylation is 1. The largest absolute Gasteiger partial charge is 0.493 e. The van der Waals surface area contributed by atoms with Gasteiger partial charge in [0.15, 0.2) is 16.9 Å². The van der Waals surface area contributed by atoms with Gasteiger partial charge in [0.1, 0.15) is 16.4 Å². The molecule has 2 aromatic heterocycles. The Morgan fingerprint density at radius 2 is 1.77 bits per heavy atom. The number of methoxy groups -OCH3 is 3. The van der Waals surface area contributed by atoms with Crippen LogP contribution in [0.4, 0.5) is 9.52 Å². The fourth-order valence-electron chi connectivity index (χ4n) is 4.20. The molecule has 0 saturated carbocycles. The Labute approximate surface area is 202 Å². The molecule has 180 valence electrons. The van der Waals surface area contributed by atoms with Crippen LogP contribution in [-0.2, 0) is 6.42 Å². The average Bonchev–Trinajstić information content (AvgIpc) is 3.46. The van der Waals surface area contributed by atoms with Crippen molar-refractivity contribution in [3.8, 4) is 17.2 Å². The van der Waals surface area contributed by atoms with Crippen LogP contribution in [0.3, 0.4) is 0 Å². The van der Waals surface area contributed by atoms with E-state index in [1.165, 1.54) is 49.7 Å². The first kappa shape index (κ1) is 22.8. The minimum Gasteiger partial charge on any atom is -0.493 e. The Kier molecular flexibility index (Phi) is 5.64. The fourth-order valence-corrected chi connectivity index (χ4v) is 5.01. The van der Waals surface area contributed by atoms with E-state index < -0.39 is 23.2 Å². The van der Waals surface area contributed by atoms with E-state index in [1.54, 1.807) is 12.1 Å². The van der Waals surface area contributed by atoms with Crippen molar-refractivity contribution in [3.63, 3.8) is 0 Å². The predicted octanol–water partition coefficient (Wildman–Crippen LogP) is 4.12. The van der Waals surface area contributed by atoms with Crippen molar-refractivity contribution in [2.24, 2.45) is 0 Å². The summed E-state index contributed by atoms with van der Waals surface area (Å²) < 4.78 is 36.3. The lowest BCUT2D eigenvalue weighted by molar-refractivity contribution is 0.0970. The highest BCUT2D eigenvalue weighted by molar-refractivity contribution is 7.15. The lowest BCUT2D eigenvalue weighted by atomic mass is 9.98. The third kappa shape index (κ3) is 3.50. The molecule has 0 saturated heterocycles. The van der Waals surface area contributed by atoms with Crippen LogP contribution in [-0.4, -0.2) is 37.4 Å². The van der Waals surface area contributed by atoms with E-state index in [0.717, 1.165) is 11.1 Å². The minimum absolute atomic E-state index is 0.0300. The maximum Gasteiger partial charge on any atom is 0.297 e. The van der Waals surface area contributed by atoms with Gasteiger partial charge in [-0.2, -0.15) is 0 Å². The van der Waals surface area contributed by atoms with E-state index in [0.29, 0.717) is 34.4 Å². The molecule has 2 aromatic carbocycles. The van der Waals surface area contributed by atoms with Crippen LogP contribution >= 0.6 is 11.3 Å². The molecule has 1 unspecified atom stereocenters. The van der Waals surface area contributed by atoms with Gasteiger partial charge in [-0.25, -0.2) is 4.39 Å². The van der Waals surface area contributed by atoms with Gasteiger partial charge in [0.2, 0.25) is 16.6 Å². The Balaban J connectivity index is 1.83. The number of aromatic nitrogens is 2. The molecule has 0 radical (unpaired) electrons. The van der Waals surface area contributed by atoms with Gasteiger partial charge in [-0.3, -0.25) is 14.5 Å². The molecule has 0 N–H and O–H groups in total. The number of ether oxygens (including phenoxy) is 3. The molecule has 0 bridgehead atoms. The monoisotopic (exact) mass is 497 g/mol. The van der Waals surface area contributed by atoms with E-state index in [-0.39, 0.29) is 22.3 Å². The number of hydrogen-bond acceptors (Lipinski definition) is 9. The number of hydrogen-bond donors (Lipinski definition) is 0. The van der Waals surface area contributed by atoms with E-state index in [4.69, 9.17) is 18.6 Å². The summed E-state index contributed by atoms with van der Waals surface area (Å²) in [4.78, 5) is 28.7. The third-order valence-electron chi connectivity index (χ3n) is 5.80. The number of fused-ring (bicyclic) bond motifs is 2. The van der Waals surface area contributed by atoms with Crippen LogP contribution in [0, 0.1) is 5.82 Å². The fraction of sp³-hybridized carbons (Fsp3) is 0.250. The number of amides is 1. The van der Waals surface area contributed by atoms with E-state index in [9.17, 15) is 14.0 Å². The number of benzene rings is 2. The standard InChI is InChI=1S/C24H20FN3O6S/c1-5-17-26-27-24(35-17)28-19(11-8-15(31-2)21(33-4)16(9-11)32-3)18-20(29)13-10-12(25)6-7-14(13)34-22(18)23(28)30/h6-10,19H,5H2,1-4H3. The van der Waals surface area contributed by atoms with E-state index in [1.807, 2.05) is 6.92 Å². The van der Waals surface area contributed by atoms with Crippen molar-refractivity contribution in [2.45, 2.75) is 19.4 Å². The van der Waals surface area contributed by atoms with Crippen molar-refractivity contribution in [1.29, 1.82) is 0 Å². The van der Waals surface area contributed by atoms with Crippen LogP contribution in [0.5, 0.6) is 17.2 Å². The zero-order valence-corrected chi connectivity index (χ0v) is 20.1. The molecule has 1 aliphatic rings. The van der Waals surface area contributed by atoms with Crippen LogP contribution < -0.4 is 24.5 Å². The summed E-state index contributed by atoms with van der Waals surface area (Å²) in [7, 11) is 4.41. The first-order valence-electron chi connectivity index (χ1n) is 10.6. The topological polar surface area (TPSA) is 104 Å². The maximum absolute atomic E-state index is 14.0.